The van der Waals surface area contributed by atoms with Crippen LogP contribution < -0.4 is 10.5 Å². The number of nitrogens with zero attached hydrogens (tertiary/aromatic N) is 1. The van der Waals surface area contributed by atoms with Crippen LogP contribution in [0.4, 0.5) is 5.82 Å². The van der Waals surface area contributed by atoms with E-state index < -0.39 is 0 Å². The lowest BCUT2D eigenvalue weighted by Crippen LogP contribution is -1.97. The van der Waals surface area contributed by atoms with Crippen LogP contribution >= 0.6 is 0 Å². The maximum Gasteiger partial charge on any atom is 0.123 e. The molecule has 4 heteroatoms. The van der Waals surface area contributed by atoms with Gasteiger partial charge in [-0.05, 0) is 42.0 Å². The average molecular weight is 216 g/mol. The molecule has 1 aromatic carbocycles. The van der Waals surface area contributed by atoms with Crippen LogP contribution in [0.5, 0.6) is 11.5 Å². The molecule has 4 nitrogen and oxygen atoms in total. The van der Waals surface area contributed by atoms with E-state index >= 15 is 0 Å². The molecule has 0 atom stereocenters. The van der Waals surface area contributed by atoms with E-state index in [4.69, 9.17) is 15.6 Å². The van der Waals surface area contributed by atoms with Gasteiger partial charge in [-0.2, -0.15) is 0 Å². The first-order chi connectivity index (χ1) is 7.74. The second kappa shape index (κ2) is 4.53. The lowest BCUT2D eigenvalue weighted by Gasteiger charge is -2.06. The molecule has 0 aliphatic carbocycles. The van der Waals surface area contributed by atoms with Crippen LogP contribution in [0.15, 0.2) is 42.6 Å². The molecule has 0 unspecified atom stereocenters. The van der Waals surface area contributed by atoms with Crippen molar-refractivity contribution in [2.24, 2.45) is 0 Å². The van der Waals surface area contributed by atoms with Crippen molar-refractivity contribution in [3.8, 4) is 11.5 Å². The lowest BCUT2D eigenvalue weighted by molar-refractivity contribution is 0.305. The highest BCUT2D eigenvalue weighted by Crippen LogP contribution is 2.17. The van der Waals surface area contributed by atoms with E-state index in [-0.39, 0.29) is 5.75 Å². The molecule has 0 bridgehead atoms. The Balaban J connectivity index is 1.99. The Bertz CT molecular complexity index is 469. The molecule has 0 spiro atoms. The first-order valence-electron chi connectivity index (χ1n) is 4.86. The van der Waals surface area contributed by atoms with Gasteiger partial charge < -0.3 is 15.6 Å². The monoisotopic (exact) mass is 216 g/mol. The van der Waals surface area contributed by atoms with Crippen LogP contribution in [0.25, 0.3) is 0 Å². The van der Waals surface area contributed by atoms with Gasteiger partial charge in [-0.25, -0.2) is 4.98 Å². The standard InChI is InChI=1S/C12H12N2O2/c13-12-7-9(5-6-14-12)8-16-11-3-1-10(15)2-4-11/h1-7,15H,8H2,(H2,13,14). The van der Waals surface area contributed by atoms with Crippen LogP contribution in [0.3, 0.4) is 0 Å². The van der Waals surface area contributed by atoms with Gasteiger partial charge in [-0.3, -0.25) is 0 Å². The summed E-state index contributed by atoms with van der Waals surface area (Å²) in [5, 5.41) is 9.10. The van der Waals surface area contributed by atoms with E-state index in [0.29, 0.717) is 18.2 Å². The fraction of sp³-hybridized carbons (Fsp3) is 0.0833. The SMILES string of the molecule is Nc1cc(COc2ccc(O)cc2)ccn1. The molecule has 0 saturated carbocycles. The molecule has 1 aromatic heterocycles. The van der Waals surface area contributed by atoms with Crippen molar-refractivity contribution >= 4 is 5.82 Å². The fourth-order valence-electron chi connectivity index (χ4n) is 1.29. The van der Waals surface area contributed by atoms with Crippen molar-refractivity contribution in [3.05, 3.63) is 48.2 Å². The first kappa shape index (κ1) is 10.3. The van der Waals surface area contributed by atoms with Gasteiger partial charge in [-0.1, -0.05) is 0 Å². The van der Waals surface area contributed by atoms with Crippen molar-refractivity contribution < 1.29 is 9.84 Å². The molecular weight excluding hydrogens is 204 g/mol. The summed E-state index contributed by atoms with van der Waals surface area (Å²) in [5.74, 6) is 1.40. The topological polar surface area (TPSA) is 68.4 Å². The summed E-state index contributed by atoms with van der Waals surface area (Å²) in [6, 6.07) is 10.2. The van der Waals surface area contributed by atoms with Crippen molar-refractivity contribution in [1.82, 2.24) is 4.98 Å². The van der Waals surface area contributed by atoms with Crippen molar-refractivity contribution in [2.75, 3.05) is 5.73 Å². The number of nitrogens with two attached hydrogens (primary N) is 1. The number of rotatable bonds is 3. The molecule has 0 aliphatic heterocycles. The van der Waals surface area contributed by atoms with Gasteiger partial charge >= 0.3 is 0 Å². The molecule has 0 radical (unpaired) electrons. The molecule has 82 valence electrons. The number of pyridine rings is 1. The maximum atomic E-state index is 9.10. The zero-order valence-corrected chi connectivity index (χ0v) is 8.63. The molecular formula is C12H12N2O2. The van der Waals surface area contributed by atoms with Gasteiger partial charge in [0.1, 0.15) is 23.9 Å². The number of aromatic nitrogens is 1. The van der Waals surface area contributed by atoms with Gasteiger partial charge in [0.15, 0.2) is 0 Å². The third-order valence-corrected chi connectivity index (χ3v) is 2.09. The van der Waals surface area contributed by atoms with Gasteiger partial charge in [0.05, 0.1) is 0 Å². The summed E-state index contributed by atoms with van der Waals surface area (Å²) in [4.78, 5) is 3.90. The second-order valence-corrected chi connectivity index (χ2v) is 3.37. The number of nitrogen functional groups attached to an aromatic ring is 1. The Morgan fingerprint density at radius 1 is 1.19 bits per heavy atom. The van der Waals surface area contributed by atoms with Crippen molar-refractivity contribution in [2.45, 2.75) is 6.61 Å². The minimum atomic E-state index is 0.223. The largest absolute Gasteiger partial charge is 0.508 e. The van der Waals surface area contributed by atoms with E-state index in [2.05, 4.69) is 4.98 Å². The molecule has 3 N–H and O–H groups in total. The van der Waals surface area contributed by atoms with Gasteiger partial charge in [0.25, 0.3) is 0 Å². The summed E-state index contributed by atoms with van der Waals surface area (Å²) < 4.78 is 5.51. The van der Waals surface area contributed by atoms with Gasteiger partial charge in [0.2, 0.25) is 0 Å². The van der Waals surface area contributed by atoms with Crippen molar-refractivity contribution in [3.63, 3.8) is 0 Å². The highest BCUT2D eigenvalue weighted by molar-refractivity contribution is 5.33. The van der Waals surface area contributed by atoms with E-state index in [0.717, 1.165) is 5.56 Å². The fourth-order valence-corrected chi connectivity index (χ4v) is 1.29. The number of hydrogen-bond donors (Lipinski definition) is 2. The Morgan fingerprint density at radius 3 is 2.62 bits per heavy atom. The average Bonchev–Trinajstić information content (AvgIpc) is 2.28. The highest BCUT2D eigenvalue weighted by Gasteiger charge is 1.97. The quantitative estimate of drug-likeness (QED) is 0.822. The van der Waals surface area contributed by atoms with Crippen molar-refractivity contribution in [1.29, 1.82) is 0 Å². The van der Waals surface area contributed by atoms with Crippen LogP contribution in [0, 0.1) is 0 Å². The third-order valence-electron chi connectivity index (χ3n) is 2.09. The van der Waals surface area contributed by atoms with E-state index in [9.17, 15) is 0 Å². The minimum Gasteiger partial charge on any atom is -0.508 e. The molecule has 0 amide bonds. The Kier molecular flexibility index (Phi) is 2.91. The summed E-state index contributed by atoms with van der Waals surface area (Å²) >= 11 is 0. The number of phenols is 1. The van der Waals surface area contributed by atoms with Gasteiger partial charge in [-0.15, -0.1) is 0 Å². The number of aromatic hydroxyl groups is 1. The molecule has 0 saturated heterocycles. The second-order valence-electron chi connectivity index (χ2n) is 3.37. The van der Waals surface area contributed by atoms with E-state index in [1.165, 1.54) is 0 Å². The van der Waals surface area contributed by atoms with E-state index in [1.807, 2.05) is 6.07 Å². The minimum absolute atomic E-state index is 0.223. The maximum absolute atomic E-state index is 9.10. The zero-order chi connectivity index (χ0) is 11.4. The smallest absolute Gasteiger partial charge is 0.123 e. The molecule has 0 aliphatic rings. The van der Waals surface area contributed by atoms with Crippen LogP contribution in [0.1, 0.15) is 5.56 Å². The zero-order valence-electron chi connectivity index (χ0n) is 8.63. The highest BCUT2D eigenvalue weighted by atomic mass is 16.5. The Morgan fingerprint density at radius 2 is 1.94 bits per heavy atom. The van der Waals surface area contributed by atoms with Gasteiger partial charge in [0, 0.05) is 6.20 Å². The Labute approximate surface area is 93.3 Å². The molecule has 16 heavy (non-hydrogen) atoms. The summed E-state index contributed by atoms with van der Waals surface area (Å²) in [6.07, 6.45) is 1.64. The number of phenolic OH excluding ortho intramolecular Hbond substituents is 1. The lowest BCUT2D eigenvalue weighted by atomic mass is 10.3. The number of anilines is 1. The van der Waals surface area contributed by atoms with Crippen LogP contribution in [-0.4, -0.2) is 10.1 Å². The predicted octanol–water partition coefficient (Wildman–Crippen LogP) is 1.95. The molecule has 1 heterocycles. The normalized spacial score (nSPS) is 10.0. The third kappa shape index (κ3) is 2.63. The number of ether oxygens (including phenoxy) is 1. The Hall–Kier alpha value is -2.23. The summed E-state index contributed by atoms with van der Waals surface area (Å²) in [6.45, 7) is 0.428. The summed E-state index contributed by atoms with van der Waals surface area (Å²) in [7, 11) is 0. The predicted molar refractivity (Wildman–Crippen MR) is 61.1 cm³/mol. The first-order valence-corrected chi connectivity index (χ1v) is 4.86. The molecule has 0 fully saturated rings. The van der Waals surface area contributed by atoms with Crippen LogP contribution in [0.2, 0.25) is 0 Å². The molecule has 2 aromatic rings. The van der Waals surface area contributed by atoms with E-state index in [1.54, 1.807) is 36.5 Å². The number of benzene rings is 1. The molecule has 2 rings (SSSR count). The number of hydrogen-bond acceptors (Lipinski definition) is 4. The summed E-state index contributed by atoms with van der Waals surface area (Å²) in [5.41, 5.74) is 6.51. The van der Waals surface area contributed by atoms with Crippen LogP contribution in [-0.2, 0) is 6.61 Å².